The third kappa shape index (κ3) is 5.65. The van der Waals surface area contributed by atoms with Crippen molar-refractivity contribution >= 4 is 52.6 Å². The van der Waals surface area contributed by atoms with Gasteiger partial charge in [0.1, 0.15) is 5.76 Å². The topological polar surface area (TPSA) is 75.4 Å². The second kappa shape index (κ2) is 9.30. The number of benzene rings is 1. The van der Waals surface area contributed by atoms with E-state index in [4.69, 9.17) is 27.7 Å². The predicted octanol–water partition coefficient (Wildman–Crippen LogP) is 4.18. The Morgan fingerprint density at radius 1 is 1.31 bits per heavy atom. The van der Waals surface area contributed by atoms with E-state index < -0.39 is 0 Å². The first kappa shape index (κ1) is 20.6. The zero-order valence-corrected chi connectivity index (χ0v) is 16.9. The van der Waals surface area contributed by atoms with Crippen molar-refractivity contribution in [3.05, 3.63) is 45.6 Å². The average molecular weight is 416 g/mol. The smallest absolute Gasteiger partial charge is 0.235 e. The SMILES string of the molecule is Cc1cc(NC(=O)CSCC(=O)N(C)C(C)c2ccc(Cl)cc2Cl)no1. The summed E-state index contributed by atoms with van der Waals surface area (Å²) in [6.07, 6.45) is 0. The highest BCUT2D eigenvalue weighted by atomic mass is 35.5. The van der Waals surface area contributed by atoms with E-state index in [1.165, 1.54) is 11.8 Å². The molecule has 2 rings (SSSR count). The Labute approximate surface area is 166 Å². The number of nitrogens with zero attached hydrogens (tertiary/aromatic N) is 2. The van der Waals surface area contributed by atoms with Gasteiger partial charge in [-0.1, -0.05) is 34.4 Å². The number of halogens is 2. The molecule has 2 aromatic rings. The van der Waals surface area contributed by atoms with Crippen LogP contribution in [0.2, 0.25) is 10.0 Å². The molecule has 0 fully saturated rings. The van der Waals surface area contributed by atoms with Crippen LogP contribution in [0.3, 0.4) is 0 Å². The Bertz CT molecular complexity index is 797. The molecule has 0 saturated carbocycles. The van der Waals surface area contributed by atoms with Crippen LogP contribution in [-0.4, -0.2) is 40.4 Å². The molecule has 0 saturated heterocycles. The quantitative estimate of drug-likeness (QED) is 0.733. The fraction of sp³-hybridized carbons (Fsp3) is 0.353. The normalized spacial score (nSPS) is 11.9. The molecule has 0 radical (unpaired) electrons. The minimum atomic E-state index is -0.243. The summed E-state index contributed by atoms with van der Waals surface area (Å²) in [6, 6.07) is 6.61. The van der Waals surface area contributed by atoms with Gasteiger partial charge < -0.3 is 14.7 Å². The Hall–Kier alpha value is -1.70. The summed E-state index contributed by atoms with van der Waals surface area (Å²) in [7, 11) is 1.71. The third-order valence-corrected chi connectivity index (χ3v) is 5.22. The Balaban J connectivity index is 1.81. The summed E-state index contributed by atoms with van der Waals surface area (Å²) in [4.78, 5) is 25.8. The summed E-state index contributed by atoms with van der Waals surface area (Å²) < 4.78 is 4.87. The summed E-state index contributed by atoms with van der Waals surface area (Å²) in [5.74, 6) is 0.951. The van der Waals surface area contributed by atoms with Crippen molar-refractivity contribution in [1.82, 2.24) is 10.1 Å². The lowest BCUT2D eigenvalue weighted by Gasteiger charge is -2.26. The van der Waals surface area contributed by atoms with E-state index in [9.17, 15) is 9.59 Å². The molecule has 0 spiro atoms. The lowest BCUT2D eigenvalue weighted by atomic mass is 10.1. The van der Waals surface area contributed by atoms with Crippen molar-refractivity contribution < 1.29 is 14.1 Å². The van der Waals surface area contributed by atoms with Gasteiger partial charge in [0.15, 0.2) is 5.82 Å². The maximum absolute atomic E-state index is 12.4. The van der Waals surface area contributed by atoms with E-state index in [0.29, 0.717) is 21.6 Å². The molecule has 0 aliphatic carbocycles. The molecule has 0 aliphatic rings. The number of nitrogens with one attached hydrogen (secondary N) is 1. The maximum Gasteiger partial charge on any atom is 0.235 e. The summed E-state index contributed by atoms with van der Waals surface area (Å²) in [5, 5.41) is 7.35. The lowest BCUT2D eigenvalue weighted by Crippen LogP contribution is -2.31. The number of thioether (sulfide) groups is 1. The van der Waals surface area contributed by atoms with Crippen LogP contribution >= 0.6 is 35.0 Å². The molecule has 1 N–H and O–H groups in total. The highest BCUT2D eigenvalue weighted by Gasteiger charge is 2.20. The van der Waals surface area contributed by atoms with Gasteiger partial charge in [0.2, 0.25) is 11.8 Å². The summed E-state index contributed by atoms with van der Waals surface area (Å²) in [6.45, 7) is 3.62. The van der Waals surface area contributed by atoms with Crippen LogP contribution in [0.5, 0.6) is 0 Å². The van der Waals surface area contributed by atoms with Crippen LogP contribution in [0.1, 0.15) is 24.3 Å². The highest BCUT2D eigenvalue weighted by molar-refractivity contribution is 8.00. The molecule has 1 aromatic carbocycles. The monoisotopic (exact) mass is 415 g/mol. The minimum absolute atomic E-state index is 0.0985. The lowest BCUT2D eigenvalue weighted by molar-refractivity contribution is -0.128. The van der Waals surface area contributed by atoms with Gasteiger partial charge >= 0.3 is 0 Å². The van der Waals surface area contributed by atoms with Crippen LogP contribution in [-0.2, 0) is 9.59 Å². The number of aromatic nitrogens is 1. The zero-order chi connectivity index (χ0) is 19.3. The van der Waals surface area contributed by atoms with Crippen LogP contribution in [0, 0.1) is 6.92 Å². The Kier molecular flexibility index (Phi) is 7.37. The summed E-state index contributed by atoms with van der Waals surface area (Å²) >= 11 is 13.3. The van der Waals surface area contributed by atoms with Crippen LogP contribution < -0.4 is 5.32 Å². The number of hydrogen-bond acceptors (Lipinski definition) is 5. The van der Waals surface area contributed by atoms with E-state index in [2.05, 4.69) is 10.5 Å². The molecule has 140 valence electrons. The number of rotatable bonds is 7. The average Bonchev–Trinajstić information content (AvgIpc) is 2.98. The number of anilines is 1. The van der Waals surface area contributed by atoms with Gasteiger partial charge in [-0.05, 0) is 31.5 Å². The van der Waals surface area contributed by atoms with Crippen LogP contribution in [0.15, 0.2) is 28.8 Å². The molecule has 6 nitrogen and oxygen atoms in total. The molecular formula is C17H19Cl2N3O3S. The Morgan fingerprint density at radius 3 is 2.65 bits per heavy atom. The molecule has 1 aromatic heterocycles. The summed E-state index contributed by atoms with van der Waals surface area (Å²) in [5.41, 5.74) is 0.816. The van der Waals surface area contributed by atoms with Crippen molar-refractivity contribution in [3.63, 3.8) is 0 Å². The van der Waals surface area contributed by atoms with Crippen molar-refractivity contribution in [2.75, 3.05) is 23.9 Å². The first-order valence-electron chi connectivity index (χ1n) is 7.79. The molecule has 26 heavy (non-hydrogen) atoms. The first-order valence-corrected chi connectivity index (χ1v) is 9.70. The van der Waals surface area contributed by atoms with E-state index in [1.807, 2.05) is 6.92 Å². The van der Waals surface area contributed by atoms with E-state index >= 15 is 0 Å². The van der Waals surface area contributed by atoms with Crippen LogP contribution in [0.25, 0.3) is 0 Å². The zero-order valence-electron chi connectivity index (χ0n) is 14.6. The van der Waals surface area contributed by atoms with E-state index in [1.54, 1.807) is 43.1 Å². The third-order valence-electron chi connectivity index (χ3n) is 3.74. The van der Waals surface area contributed by atoms with Gasteiger partial charge in [-0.15, -0.1) is 11.8 Å². The maximum atomic E-state index is 12.4. The van der Waals surface area contributed by atoms with Gasteiger partial charge in [-0.25, -0.2) is 0 Å². The fourth-order valence-electron chi connectivity index (χ4n) is 2.20. The Morgan fingerprint density at radius 2 is 2.04 bits per heavy atom. The minimum Gasteiger partial charge on any atom is -0.360 e. The molecule has 0 aliphatic heterocycles. The van der Waals surface area contributed by atoms with Gasteiger partial charge in [0.25, 0.3) is 0 Å². The first-order chi connectivity index (χ1) is 12.3. The van der Waals surface area contributed by atoms with Crippen molar-refractivity contribution in [2.45, 2.75) is 19.9 Å². The highest BCUT2D eigenvalue weighted by Crippen LogP contribution is 2.29. The molecule has 2 amide bonds. The molecule has 9 heteroatoms. The standard InChI is InChI=1S/C17H19Cl2N3O3S/c1-10-6-15(21-25-10)20-16(23)8-26-9-17(24)22(3)11(2)13-5-4-12(18)7-14(13)19/h4-7,11H,8-9H2,1-3H3,(H,20,21,23). The van der Waals surface area contributed by atoms with Gasteiger partial charge in [-0.3, -0.25) is 9.59 Å². The molecular weight excluding hydrogens is 397 g/mol. The largest absolute Gasteiger partial charge is 0.360 e. The van der Waals surface area contributed by atoms with Gasteiger partial charge in [0, 0.05) is 23.2 Å². The number of carbonyl (C=O) groups is 2. The number of amides is 2. The van der Waals surface area contributed by atoms with Gasteiger partial charge in [-0.2, -0.15) is 0 Å². The molecule has 1 atom stereocenters. The van der Waals surface area contributed by atoms with Crippen LogP contribution in [0.4, 0.5) is 5.82 Å². The van der Waals surface area contributed by atoms with Crippen molar-refractivity contribution in [3.8, 4) is 0 Å². The molecule has 1 heterocycles. The predicted molar refractivity (Wildman–Crippen MR) is 105 cm³/mol. The number of hydrogen-bond donors (Lipinski definition) is 1. The van der Waals surface area contributed by atoms with E-state index in [-0.39, 0.29) is 29.4 Å². The van der Waals surface area contributed by atoms with Crippen molar-refractivity contribution in [1.29, 1.82) is 0 Å². The van der Waals surface area contributed by atoms with E-state index in [0.717, 1.165) is 5.56 Å². The molecule has 0 bridgehead atoms. The van der Waals surface area contributed by atoms with Crippen molar-refractivity contribution in [2.24, 2.45) is 0 Å². The second-order valence-electron chi connectivity index (χ2n) is 5.71. The fourth-order valence-corrected chi connectivity index (χ4v) is 3.51. The number of carbonyl (C=O) groups excluding carboxylic acids is 2. The van der Waals surface area contributed by atoms with Gasteiger partial charge in [0.05, 0.1) is 17.5 Å². The molecule has 1 unspecified atom stereocenters. The number of aryl methyl sites for hydroxylation is 1. The second-order valence-corrected chi connectivity index (χ2v) is 7.54.